The van der Waals surface area contributed by atoms with Gasteiger partial charge in [0.2, 0.25) is 0 Å². The monoisotopic (exact) mass is 300 g/mol. The molecule has 1 amide bonds. The van der Waals surface area contributed by atoms with Crippen LogP contribution in [-0.2, 0) is 4.74 Å². The summed E-state index contributed by atoms with van der Waals surface area (Å²) in [4.78, 5) is 12.0. The lowest BCUT2D eigenvalue weighted by molar-refractivity contribution is 0.142. The predicted octanol–water partition coefficient (Wildman–Crippen LogP) is 3.53. The topological polar surface area (TPSA) is 64.3 Å². The van der Waals surface area contributed by atoms with E-state index >= 15 is 0 Å². The molecule has 5 heteroatoms. The van der Waals surface area contributed by atoms with Crippen molar-refractivity contribution in [3.63, 3.8) is 0 Å². The van der Waals surface area contributed by atoms with Crippen LogP contribution in [0.5, 0.6) is 0 Å². The van der Waals surface area contributed by atoms with Gasteiger partial charge in [-0.2, -0.15) is 0 Å². The van der Waals surface area contributed by atoms with Crippen LogP contribution in [0, 0.1) is 5.92 Å². The third-order valence-electron chi connectivity index (χ3n) is 3.95. The summed E-state index contributed by atoms with van der Waals surface area (Å²) < 4.78 is 5.09. The normalized spacial score (nSPS) is 17.4. The van der Waals surface area contributed by atoms with Crippen LogP contribution < -0.4 is 11.1 Å². The Morgan fingerprint density at radius 1 is 1.40 bits per heavy atom. The van der Waals surface area contributed by atoms with E-state index in [0.717, 1.165) is 31.6 Å². The van der Waals surface area contributed by atoms with Gasteiger partial charge in [-0.15, -0.1) is 0 Å². The smallest absolute Gasteiger partial charge is 0.407 e. The van der Waals surface area contributed by atoms with Crippen molar-refractivity contribution in [1.29, 1.82) is 0 Å². The van der Waals surface area contributed by atoms with Crippen LogP contribution in [0.3, 0.4) is 0 Å². The highest BCUT2D eigenvalue weighted by Crippen LogP contribution is 2.27. The van der Waals surface area contributed by atoms with Gasteiger partial charge in [0.1, 0.15) is 0 Å². The maximum atomic E-state index is 11.6. The van der Waals surface area contributed by atoms with Gasteiger partial charge in [-0.05, 0) is 25.2 Å². The summed E-state index contributed by atoms with van der Waals surface area (Å²) in [6.45, 7) is 2.51. The molecule has 0 radical (unpaired) electrons. The van der Waals surface area contributed by atoms with E-state index in [1.54, 1.807) is 0 Å². The quantitative estimate of drug-likeness (QED) is 0.532. The maximum absolute atomic E-state index is 11.6. The van der Waals surface area contributed by atoms with Crippen molar-refractivity contribution >= 4 is 23.3 Å². The Bertz CT molecular complexity index is 304. The number of alkyl carbamates (subject to hydrolysis) is 1. The van der Waals surface area contributed by atoms with E-state index in [1.165, 1.54) is 32.1 Å². The van der Waals surface area contributed by atoms with Gasteiger partial charge in [0.25, 0.3) is 0 Å². The summed E-state index contributed by atoms with van der Waals surface area (Å²) >= 11 is 5.05. The van der Waals surface area contributed by atoms with Crippen LogP contribution >= 0.6 is 12.2 Å². The number of unbranched alkanes of at least 4 members (excludes halogenated alkanes) is 1. The fourth-order valence-electron chi connectivity index (χ4n) is 2.66. The van der Waals surface area contributed by atoms with Crippen LogP contribution in [0.25, 0.3) is 0 Å². The molecule has 0 aromatic heterocycles. The van der Waals surface area contributed by atoms with Crippen molar-refractivity contribution in [3.8, 4) is 0 Å². The van der Waals surface area contributed by atoms with E-state index in [2.05, 4.69) is 12.2 Å². The molecule has 0 aromatic rings. The summed E-state index contributed by atoms with van der Waals surface area (Å²) in [5.41, 5.74) is 5.72. The van der Waals surface area contributed by atoms with Gasteiger partial charge in [-0.3, -0.25) is 0 Å². The zero-order valence-corrected chi connectivity index (χ0v) is 13.3. The predicted molar refractivity (Wildman–Crippen MR) is 85.8 cm³/mol. The van der Waals surface area contributed by atoms with Gasteiger partial charge in [0.05, 0.1) is 17.6 Å². The van der Waals surface area contributed by atoms with Crippen LogP contribution in [0.1, 0.15) is 64.7 Å². The molecule has 1 unspecified atom stereocenters. The van der Waals surface area contributed by atoms with Gasteiger partial charge in [0, 0.05) is 0 Å². The Morgan fingerprint density at radius 2 is 2.10 bits per heavy atom. The second kappa shape index (κ2) is 9.97. The SMILES string of the molecule is CCCCOC(=O)NC(CCC1CCCCC1)C(N)=S. The lowest BCUT2D eigenvalue weighted by Crippen LogP contribution is -2.44. The Hall–Kier alpha value is -0.840. The molecular weight excluding hydrogens is 272 g/mol. The number of nitrogens with one attached hydrogen (secondary N) is 1. The Morgan fingerprint density at radius 3 is 2.70 bits per heavy atom. The number of carbonyl (C=O) groups is 1. The van der Waals surface area contributed by atoms with E-state index in [-0.39, 0.29) is 6.04 Å². The lowest BCUT2D eigenvalue weighted by Gasteiger charge is -2.24. The van der Waals surface area contributed by atoms with Crippen molar-refractivity contribution in [2.24, 2.45) is 11.7 Å². The first kappa shape index (κ1) is 17.2. The van der Waals surface area contributed by atoms with Crippen molar-refractivity contribution in [3.05, 3.63) is 0 Å². The second-order valence-corrected chi connectivity index (χ2v) is 6.14. The molecule has 3 N–H and O–H groups in total. The van der Waals surface area contributed by atoms with Gasteiger partial charge in [-0.1, -0.05) is 57.7 Å². The van der Waals surface area contributed by atoms with Crippen molar-refractivity contribution < 1.29 is 9.53 Å². The molecule has 1 saturated carbocycles. The number of nitrogens with two attached hydrogens (primary N) is 1. The van der Waals surface area contributed by atoms with Crippen molar-refractivity contribution in [1.82, 2.24) is 5.32 Å². The van der Waals surface area contributed by atoms with Crippen molar-refractivity contribution in [2.75, 3.05) is 6.61 Å². The number of hydrogen-bond donors (Lipinski definition) is 2. The molecular formula is C15H28N2O2S. The molecule has 0 bridgehead atoms. The minimum absolute atomic E-state index is 0.235. The fraction of sp³-hybridized carbons (Fsp3) is 0.867. The third kappa shape index (κ3) is 7.08. The Balaban J connectivity index is 2.28. The van der Waals surface area contributed by atoms with Crippen LogP contribution in [-0.4, -0.2) is 23.7 Å². The summed E-state index contributed by atoms with van der Waals surface area (Å²) in [5, 5.41) is 2.79. The van der Waals surface area contributed by atoms with E-state index in [9.17, 15) is 4.79 Å². The average molecular weight is 300 g/mol. The summed E-state index contributed by atoms with van der Waals surface area (Å²) in [7, 11) is 0. The molecule has 116 valence electrons. The maximum Gasteiger partial charge on any atom is 0.407 e. The molecule has 1 aliphatic carbocycles. The number of carbonyl (C=O) groups excluding carboxylic acids is 1. The molecule has 0 aliphatic heterocycles. The molecule has 0 spiro atoms. The largest absolute Gasteiger partial charge is 0.450 e. The minimum Gasteiger partial charge on any atom is -0.450 e. The average Bonchev–Trinajstić information content (AvgIpc) is 2.44. The summed E-state index contributed by atoms with van der Waals surface area (Å²) in [6, 6.07) is -0.235. The van der Waals surface area contributed by atoms with Gasteiger partial charge in [0.15, 0.2) is 0 Å². The number of thiocarbonyl (C=S) groups is 1. The highest BCUT2D eigenvalue weighted by molar-refractivity contribution is 7.80. The second-order valence-electron chi connectivity index (χ2n) is 5.67. The highest BCUT2D eigenvalue weighted by Gasteiger charge is 2.19. The fourth-order valence-corrected chi connectivity index (χ4v) is 2.83. The zero-order valence-electron chi connectivity index (χ0n) is 12.5. The van der Waals surface area contributed by atoms with Gasteiger partial charge >= 0.3 is 6.09 Å². The zero-order chi connectivity index (χ0) is 14.8. The van der Waals surface area contributed by atoms with Crippen LogP contribution in [0.4, 0.5) is 4.79 Å². The number of hydrogen-bond acceptors (Lipinski definition) is 3. The third-order valence-corrected chi connectivity index (χ3v) is 4.24. The standard InChI is InChI=1S/C15H28N2O2S/c1-2-3-11-19-15(18)17-13(14(16)20)10-9-12-7-5-4-6-8-12/h12-13H,2-11H2,1H3,(H2,16,20)(H,17,18). The number of rotatable bonds is 8. The first-order valence-electron chi connectivity index (χ1n) is 7.86. The van der Waals surface area contributed by atoms with E-state index in [4.69, 9.17) is 22.7 Å². The molecule has 1 fully saturated rings. The van der Waals surface area contributed by atoms with Crippen LogP contribution in [0.2, 0.25) is 0 Å². The van der Waals surface area contributed by atoms with E-state index in [1.807, 2.05) is 0 Å². The van der Waals surface area contributed by atoms with E-state index in [0.29, 0.717) is 11.6 Å². The molecule has 0 aromatic carbocycles. The molecule has 0 saturated heterocycles. The minimum atomic E-state index is -0.403. The molecule has 0 heterocycles. The number of amides is 1. The van der Waals surface area contributed by atoms with Crippen LogP contribution in [0.15, 0.2) is 0 Å². The van der Waals surface area contributed by atoms with Gasteiger partial charge in [-0.25, -0.2) is 4.79 Å². The first-order chi connectivity index (χ1) is 9.63. The Labute approximate surface area is 127 Å². The van der Waals surface area contributed by atoms with Gasteiger partial charge < -0.3 is 15.8 Å². The summed E-state index contributed by atoms with van der Waals surface area (Å²) in [5.74, 6) is 0.763. The molecule has 20 heavy (non-hydrogen) atoms. The summed E-state index contributed by atoms with van der Waals surface area (Å²) in [6.07, 6.45) is 10.00. The molecule has 1 aliphatic rings. The lowest BCUT2D eigenvalue weighted by atomic mass is 9.85. The Kier molecular flexibility index (Phi) is 8.58. The molecule has 1 atom stereocenters. The highest BCUT2D eigenvalue weighted by atomic mass is 32.1. The molecule has 4 nitrogen and oxygen atoms in total. The number of ether oxygens (including phenoxy) is 1. The van der Waals surface area contributed by atoms with E-state index < -0.39 is 6.09 Å². The first-order valence-corrected chi connectivity index (χ1v) is 8.27. The van der Waals surface area contributed by atoms with Crippen molar-refractivity contribution in [2.45, 2.75) is 70.8 Å². The molecule has 1 rings (SSSR count).